The van der Waals surface area contributed by atoms with Crippen LogP contribution in [0.4, 0.5) is 4.79 Å². The van der Waals surface area contributed by atoms with Crippen molar-refractivity contribution in [2.45, 2.75) is 12.5 Å². The van der Waals surface area contributed by atoms with E-state index in [2.05, 4.69) is 5.32 Å². The average molecular weight is 276 g/mol. The maximum absolute atomic E-state index is 11.3. The Hall–Kier alpha value is -2.36. The minimum atomic E-state index is -1.40. The lowest BCUT2D eigenvalue weighted by Gasteiger charge is -2.13. The Morgan fingerprint density at radius 1 is 1.16 bits per heavy atom. The summed E-state index contributed by atoms with van der Waals surface area (Å²) in [6.07, 6.45) is -0.513. The van der Waals surface area contributed by atoms with Gasteiger partial charge in [0, 0.05) is 6.54 Å². The number of ether oxygens (including phenoxy) is 1. The summed E-state index contributed by atoms with van der Waals surface area (Å²) in [4.78, 5) is 42.8. The predicted molar refractivity (Wildman–Crippen MR) is 61.8 cm³/mol. The molecule has 0 bridgehead atoms. The molecule has 0 aliphatic rings. The van der Waals surface area contributed by atoms with E-state index in [-0.39, 0.29) is 19.8 Å². The van der Waals surface area contributed by atoms with Gasteiger partial charge in [0.25, 0.3) is 0 Å². The number of carboxylic acid groups (broad SMARTS) is 1. The lowest BCUT2D eigenvalue weighted by molar-refractivity contribution is -0.140. The molecular weight excluding hydrogens is 260 g/mol. The van der Waals surface area contributed by atoms with Crippen LogP contribution in [0.1, 0.15) is 6.42 Å². The van der Waals surface area contributed by atoms with Crippen LogP contribution in [0, 0.1) is 0 Å². The SMILES string of the molecule is NC(=O)COCCNC(=O)N[C@H](CC(N)=O)C(=O)O. The molecule has 0 aromatic rings. The van der Waals surface area contributed by atoms with Crippen LogP contribution in [0.3, 0.4) is 0 Å². The van der Waals surface area contributed by atoms with Gasteiger partial charge in [-0.1, -0.05) is 0 Å². The number of aliphatic carboxylic acids is 1. The Morgan fingerprint density at radius 3 is 2.26 bits per heavy atom. The number of amides is 4. The van der Waals surface area contributed by atoms with Crippen LogP contribution in [0.25, 0.3) is 0 Å². The molecule has 0 aliphatic heterocycles. The molecule has 19 heavy (non-hydrogen) atoms. The fraction of sp³-hybridized carbons (Fsp3) is 0.556. The van der Waals surface area contributed by atoms with Gasteiger partial charge >= 0.3 is 12.0 Å². The lowest BCUT2D eigenvalue weighted by Crippen LogP contribution is -2.48. The third-order valence-electron chi connectivity index (χ3n) is 1.79. The van der Waals surface area contributed by atoms with Gasteiger partial charge in [-0.2, -0.15) is 0 Å². The molecule has 0 fully saturated rings. The predicted octanol–water partition coefficient (Wildman–Crippen LogP) is -2.88. The molecule has 1 atom stereocenters. The van der Waals surface area contributed by atoms with Gasteiger partial charge in [0.1, 0.15) is 12.6 Å². The summed E-state index contributed by atoms with van der Waals surface area (Å²) in [7, 11) is 0. The van der Waals surface area contributed by atoms with Crippen molar-refractivity contribution in [1.29, 1.82) is 0 Å². The Balaban J connectivity index is 3.90. The van der Waals surface area contributed by atoms with E-state index in [0.29, 0.717) is 0 Å². The number of carboxylic acids is 1. The van der Waals surface area contributed by atoms with Crippen molar-refractivity contribution in [3.63, 3.8) is 0 Å². The zero-order valence-electron chi connectivity index (χ0n) is 10.0. The van der Waals surface area contributed by atoms with Crippen molar-refractivity contribution in [2.24, 2.45) is 11.5 Å². The van der Waals surface area contributed by atoms with Gasteiger partial charge < -0.3 is 31.9 Å². The summed E-state index contributed by atoms with van der Waals surface area (Å²) in [6.45, 7) is -0.200. The Labute approximate surface area is 108 Å². The van der Waals surface area contributed by atoms with Gasteiger partial charge in [-0.15, -0.1) is 0 Å². The molecule has 4 amide bonds. The van der Waals surface area contributed by atoms with Gasteiger partial charge in [-0.05, 0) is 0 Å². The normalized spacial score (nSPS) is 11.4. The zero-order valence-corrected chi connectivity index (χ0v) is 10.0. The van der Waals surface area contributed by atoms with Crippen LogP contribution in [0.5, 0.6) is 0 Å². The van der Waals surface area contributed by atoms with Crippen LogP contribution in [0.15, 0.2) is 0 Å². The van der Waals surface area contributed by atoms with E-state index >= 15 is 0 Å². The fourth-order valence-corrected chi connectivity index (χ4v) is 1.02. The van der Waals surface area contributed by atoms with Gasteiger partial charge in [-0.25, -0.2) is 9.59 Å². The number of primary amides is 2. The van der Waals surface area contributed by atoms with Crippen LogP contribution in [0.2, 0.25) is 0 Å². The van der Waals surface area contributed by atoms with Crippen molar-refractivity contribution < 1.29 is 29.0 Å². The smallest absolute Gasteiger partial charge is 0.326 e. The topological polar surface area (TPSA) is 174 Å². The first-order valence-corrected chi connectivity index (χ1v) is 5.24. The van der Waals surface area contributed by atoms with E-state index in [1.165, 1.54) is 0 Å². The highest BCUT2D eigenvalue weighted by Gasteiger charge is 2.21. The third kappa shape index (κ3) is 9.35. The highest BCUT2D eigenvalue weighted by molar-refractivity contribution is 5.87. The second-order valence-electron chi connectivity index (χ2n) is 3.48. The van der Waals surface area contributed by atoms with Crippen LogP contribution in [-0.2, 0) is 19.1 Å². The van der Waals surface area contributed by atoms with Crippen molar-refractivity contribution in [1.82, 2.24) is 10.6 Å². The van der Waals surface area contributed by atoms with Crippen LogP contribution < -0.4 is 22.1 Å². The summed E-state index contributed by atoms with van der Waals surface area (Å²) >= 11 is 0. The molecule has 0 unspecified atom stereocenters. The van der Waals surface area contributed by atoms with Crippen molar-refractivity contribution in [3.05, 3.63) is 0 Å². The molecule has 108 valence electrons. The van der Waals surface area contributed by atoms with Gasteiger partial charge in [0.15, 0.2) is 0 Å². The first kappa shape index (κ1) is 16.6. The minimum Gasteiger partial charge on any atom is -0.480 e. The van der Waals surface area contributed by atoms with E-state index in [4.69, 9.17) is 21.3 Å². The molecule has 0 saturated heterocycles. The number of nitrogens with one attached hydrogen (secondary N) is 2. The highest BCUT2D eigenvalue weighted by Crippen LogP contribution is 1.91. The molecule has 0 rings (SSSR count). The number of urea groups is 1. The Morgan fingerprint density at radius 2 is 1.79 bits per heavy atom. The number of hydrogen-bond donors (Lipinski definition) is 5. The number of rotatable bonds is 9. The molecule has 0 saturated carbocycles. The molecular formula is C9H16N4O6. The van der Waals surface area contributed by atoms with E-state index in [1.54, 1.807) is 0 Å². The molecule has 0 spiro atoms. The number of nitrogens with two attached hydrogens (primary N) is 2. The maximum atomic E-state index is 11.3. The van der Waals surface area contributed by atoms with E-state index in [0.717, 1.165) is 0 Å². The fourth-order valence-electron chi connectivity index (χ4n) is 1.02. The highest BCUT2D eigenvalue weighted by atomic mass is 16.5. The third-order valence-corrected chi connectivity index (χ3v) is 1.79. The largest absolute Gasteiger partial charge is 0.480 e. The summed E-state index contributed by atoms with van der Waals surface area (Å²) in [5.74, 6) is -2.87. The Bertz CT molecular complexity index is 359. The molecule has 0 heterocycles. The number of carbonyl (C=O) groups is 4. The summed E-state index contributed by atoms with van der Waals surface area (Å²) < 4.78 is 4.75. The second kappa shape index (κ2) is 8.69. The van der Waals surface area contributed by atoms with Gasteiger partial charge in [0.05, 0.1) is 13.0 Å². The Kier molecular flexibility index (Phi) is 7.61. The zero-order chi connectivity index (χ0) is 14.8. The molecule has 0 aromatic heterocycles. The van der Waals surface area contributed by atoms with Gasteiger partial charge in [-0.3, -0.25) is 9.59 Å². The molecule has 7 N–H and O–H groups in total. The molecule has 0 aliphatic carbocycles. The standard InChI is InChI=1S/C9H16N4O6/c10-6(14)3-5(8(16)17)13-9(18)12-1-2-19-4-7(11)15/h5H,1-4H2,(H2,10,14)(H2,11,15)(H,16,17)(H2,12,13,18)/t5-/m1/s1. The molecule has 0 aromatic carbocycles. The van der Waals surface area contributed by atoms with Gasteiger partial charge in [0.2, 0.25) is 11.8 Å². The maximum Gasteiger partial charge on any atom is 0.326 e. The van der Waals surface area contributed by atoms with Crippen LogP contribution in [-0.4, -0.2) is 54.7 Å². The lowest BCUT2D eigenvalue weighted by atomic mass is 10.2. The molecule has 10 heteroatoms. The first-order chi connectivity index (χ1) is 8.82. The van der Waals surface area contributed by atoms with E-state index < -0.39 is 36.3 Å². The number of carbonyl (C=O) groups excluding carboxylic acids is 3. The first-order valence-electron chi connectivity index (χ1n) is 5.24. The summed E-state index contributed by atoms with van der Waals surface area (Å²) in [5.41, 5.74) is 9.64. The van der Waals surface area contributed by atoms with Crippen molar-refractivity contribution >= 4 is 23.8 Å². The van der Waals surface area contributed by atoms with Crippen molar-refractivity contribution in [2.75, 3.05) is 19.8 Å². The average Bonchev–Trinajstić information content (AvgIpc) is 2.26. The van der Waals surface area contributed by atoms with Crippen molar-refractivity contribution in [3.8, 4) is 0 Å². The quantitative estimate of drug-likeness (QED) is 0.282. The molecule has 0 radical (unpaired) electrons. The second-order valence-corrected chi connectivity index (χ2v) is 3.48. The summed E-state index contributed by atoms with van der Waals surface area (Å²) in [6, 6.07) is -2.19. The number of hydrogen-bond acceptors (Lipinski definition) is 5. The monoisotopic (exact) mass is 276 g/mol. The molecule has 10 nitrogen and oxygen atoms in total. The van der Waals surface area contributed by atoms with E-state index in [1.807, 2.05) is 5.32 Å². The van der Waals surface area contributed by atoms with Crippen LogP contribution >= 0.6 is 0 Å². The minimum absolute atomic E-state index is 0.0317. The van der Waals surface area contributed by atoms with E-state index in [9.17, 15) is 19.2 Å². The summed E-state index contributed by atoms with van der Waals surface area (Å²) in [5, 5.41) is 13.0.